The summed E-state index contributed by atoms with van der Waals surface area (Å²) in [5.41, 5.74) is 9.48. The molecule has 112 valence electrons. The van der Waals surface area contributed by atoms with Crippen molar-refractivity contribution >= 4 is 0 Å². The van der Waals surface area contributed by atoms with Crippen LogP contribution in [0.3, 0.4) is 0 Å². The predicted molar refractivity (Wildman–Crippen MR) is 86.8 cm³/mol. The number of nitrogens with two attached hydrogens (primary N) is 1. The van der Waals surface area contributed by atoms with Crippen molar-refractivity contribution in [3.63, 3.8) is 0 Å². The van der Waals surface area contributed by atoms with Gasteiger partial charge in [0.2, 0.25) is 0 Å². The topological polar surface area (TPSA) is 29.3 Å². The molecule has 0 radical (unpaired) electrons. The number of rotatable bonds is 3. The van der Waals surface area contributed by atoms with Crippen molar-refractivity contribution in [3.8, 4) is 0 Å². The summed E-state index contributed by atoms with van der Waals surface area (Å²) < 4.78 is 0. The number of likely N-dealkylation sites (N-methyl/N-ethyl adjacent to an activating group) is 1. The van der Waals surface area contributed by atoms with Crippen molar-refractivity contribution in [1.29, 1.82) is 0 Å². The molecule has 0 amide bonds. The molecule has 2 unspecified atom stereocenters. The smallest absolute Gasteiger partial charge is 0.0586 e. The lowest BCUT2D eigenvalue weighted by molar-refractivity contribution is 0.0174. The number of benzene rings is 1. The highest BCUT2D eigenvalue weighted by Gasteiger charge is 2.42. The highest BCUT2D eigenvalue weighted by atomic mass is 15.2. The van der Waals surface area contributed by atoms with Gasteiger partial charge in [-0.15, -0.1) is 0 Å². The van der Waals surface area contributed by atoms with Crippen LogP contribution in [0.25, 0.3) is 0 Å². The number of hydrogen-bond donors (Lipinski definition) is 1. The van der Waals surface area contributed by atoms with Gasteiger partial charge in [-0.05, 0) is 49.8 Å². The summed E-state index contributed by atoms with van der Waals surface area (Å²) in [6.07, 6.45) is 3.59. The van der Waals surface area contributed by atoms with Crippen molar-refractivity contribution in [2.24, 2.45) is 11.1 Å². The minimum atomic E-state index is 0.00153. The third-order valence-electron chi connectivity index (χ3n) is 5.40. The van der Waals surface area contributed by atoms with E-state index in [1.165, 1.54) is 24.0 Å². The molecule has 2 N–H and O–H groups in total. The second-order valence-corrected chi connectivity index (χ2v) is 7.40. The van der Waals surface area contributed by atoms with Gasteiger partial charge in [-0.2, -0.15) is 0 Å². The van der Waals surface area contributed by atoms with Crippen LogP contribution in [0.15, 0.2) is 24.3 Å². The number of aryl methyl sites for hydroxylation is 1. The van der Waals surface area contributed by atoms with E-state index in [0.717, 1.165) is 6.42 Å². The van der Waals surface area contributed by atoms with E-state index >= 15 is 0 Å². The summed E-state index contributed by atoms with van der Waals surface area (Å²) in [4.78, 5) is 2.53. The first-order valence-corrected chi connectivity index (χ1v) is 7.84. The zero-order valence-electron chi connectivity index (χ0n) is 13.7. The van der Waals surface area contributed by atoms with Gasteiger partial charge in [-0.1, -0.05) is 45.0 Å². The molecule has 1 aliphatic carbocycles. The summed E-state index contributed by atoms with van der Waals surface area (Å²) in [7, 11) is 2.25. The summed E-state index contributed by atoms with van der Waals surface area (Å²) in [5, 5.41) is 0. The largest absolute Gasteiger partial charge is 0.328 e. The molecule has 0 heterocycles. The Morgan fingerprint density at radius 2 is 1.95 bits per heavy atom. The Morgan fingerprint density at radius 1 is 1.30 bits per heavy atom. The Morgan fingerprint density at radius 3 is 2.55 bits per heavy atom. The maximum absolute atomic E-state index is 6.29. The molecule has 0 aromatic heterocycles. The Hall–Kier alpha value is -0.860. The molecule has 1 aliphatic rings. The normalized spacial score (nSPS) is 24.6. The van der Waals surface area contributed by atoms with Gasteiger partial charge in [-0.25, -0.2) is 0 Å². The minimum absolute atomic E-state index is 0.00153. The zero-order chi connectivity index (χ0) is 15.0. The van der Waals surface area contributed by atoms with Crippen molar-refractivity contribution in [1.82, 2.24) is 4.90 Å². The van der Waals surface area contributed by atoms with E-state index in [1.54, 1.807) is 0 Å². The standard InChI is InChI=1S/C18H30N2/c1-14(17(2,3)4)20(5)18(13-19)12-8-10-15-9-6-7-11-16(15)18/h6-7,9,11,14H,8,10,12-13,19H2,1-5H3. The number of nitrogens with zero attached hydrogens (tertiary/aromatic N) is 1. The zero-order valence-corrected chi connectivity index (χ0v) is 13.7. The monoisotopic (exact) mass is 274 g/mol. The first kappa shape index (κ1) is 15.5. The van der Waals surface area contributed by atoms with Gasteiger partial charge in [0.1, 0.15) is 0 Å². The lowest BCUT2D eigenvalue weighted by Crippen LogP contribution is -2.57. The third-order valence-corrected chi connectivity index (χ3v) is 5.40. The van der Waals surface area contributed by atoms with Crippen molar-refractivity contribution < 1.29 is 0 Å². The molecule has 2 nitrogen and oxygen atoms in total. The van der Waals surface area contributed by atoms with E-state index in [9.17, 15) is 0 Å². The van der Waals surface area contributed by atoms with E-state index in [-0.39, 0.29) is 11.0 Å². The molecule has 2 heteroatoms. The van der Waals surface area contributed by atoms with Crippen molar-refractivity contribution in [2.75, 3.05) is 13.6 Å². The lowest BCUT2D eigenvalue weighted by atomic mass is 9.73. The quantitative estimate of drug-likeness (QED) is 0.913. The molecule has 2 rings (SSSR count). The van der Waals surface area contributed by atoms with Gasteiger partial charge in [0.15, 0.2) is 0 Å². The molecular formula is C18H30N2. The SMILES string of the molecule is CC(N(C)C1(CN)CCCc2ccccc21)C(C)(C)C. The summed E-state index contributed by atoms with van der Waals surface area (Å²) in [6, 6.07) is 9.35. The first-order valence-electron chi connectivity index (χ1n) is 7.84. The van der Waals surface area contributed by atoms with E-state index < -0.39 is 0 Å². The Labute approximate surface area is 124 Å². The highest BCUT2D eigenvalue weighted by molar-refractivity contribution is 5.37. The molecule has 0 aliphatic heterocycles. The summed E-state index contributed by atoms with van der Waals surface area (Å²) in [5.74, 6) is 0. The lowest BCUT2D eigenvalue weighted by Gasteiger charge is -2.51. The second kappa shape index (κ2) is 5.50. The fourth-order valence-corrected chi connectivity index (χ4v) is 3.57. The summed E-state index contributed by atoms with van der Waals surface area (Å²) in [6.45, 7) is 9.96. The van der Waals surface area contributed by atoms with Crippen LogP contribution >= 0.6 is 0 Å². The van der Waals surface area contributed by atoms with Crippen molar-refractivity contribution in [2.45, 2.75) is 58.5 Å². The van der Waals surface area contributed by atoms with Gasteiger partial charge in [0.25, 0.3) is 0 Å². The van der Waals surface area contributed by atoms with Gasteiger partial charge >= 0.3 is 0 Å². The molecule has 0 saturated heterocycles. The number of fused-ring (bicyclic) bond motifs is 1. The molecule has 0 saturated carbocycles. The fraction of sp³-hybridized carbons (Fsp3) is 0.667. The molecule has 1 aromatic carbocycles. The molecule has 0 bridgehead atoms. The van der Waals surface area contributed by atoms with E-state index in [4.69, 9.17) is 5.73 Å². The van der Waals surface area contributed by atoms with Crippen LogP contribution in [0.2, 0.25) is 0 Å². The van der Waals surface area contributed by atoms with E-state index in [2.05, 4.69) is 63.9 Å². The van der Waals surface area contributed by atoms with Gasteiger partial charge in [-0.3, -0.25) is 4.90 Å². The van der Waals surface area contributed by atoms with Crippen LogP contribution in [0, 0.1) is 5.41 Å². The van der Waals surface area contributed by atoms with Crippen LogP contribution in [-0.2, 0) is 12.0 Å². The van der Waals surface area contributed by atoms with Crippen LogP contribution < -0.4 is 5.73 Å². The predicted octanol–water partition coefficient (Wildman–Crippen LogP) is 3.54. The van der Waals surface area contributed by atoms with Gasteiger partial charge in [0.05, 0.1) is 5.54 Å². The molecule has 20 heavy (non-hydrogen) atoms. The molecule has 0 fully saturated rings. The fourth-order valence-electron chi connectivity index (χ4n) is 3.57. The maximum Gasteiger partial charge on any atom is 0.0586 e. The van der Waals surface area contributed by atoms with Gasteiger partial charge < -0.3 is 5.73 Å². The Bertz CT molecular complexity index is 461. The average Bonchev–Trinajstić information content (AvgIpc) is 2.44. The Balaban J connectivity index is 2.46. The van der Waals surface area contributed by atoms with Crippen molar-refractivity contribution in [3.05, 3.63) is 35.4 Å². The average molecular weight is 274 g/mol. The van der Waals surface area contributed by atoms with Crippen LogP contribution in [0.4, 0.5) is 0 Å². The summed E-state index contributed by atoms with van der Waals surface area (Å²) >= 11 is 0. The molecule has 0 spiro atoms. The minimum Gasteiger partial charge on any atom is -0.328 e. The van der Waals surface area contributed by atoms with E-state index in [0.29, 0.717) is 12.6 Å². The molecular weight excluding hydrogens is 244 g/mol. The first-order chi connectivity index (χ1) is 9.33. The molecule has 2 atom stereocenters. The molecule has 1 aromatic rings. The maximum atomic E-state index is 6.29. The van der Waals surface area contributed by atoms with Crippen LogP contribution in [0.1, 0.15) is 51.7 Å². The van der Waals surface area contributed by atoms with Gasteiger partial charge in [0, 0.05) is 12.6 Å². The van der Waals surface area contributed by atoms with Crippen LogP contribution in [-0.4, -0.2) is 24.5 Å². The second-order valence-electron chi connectivity index (χ2n) is 7.40. The third kappa shape index (κ3) is 2.51. The highest BCUT2D eigenvalue weighted by Crippen LogP contribution is 2.42. The van der Waals surface area contributed by atoms with Crippen LogP contribution in [0.5, 0.6) is 0 Å². The van der Waals surface area contributed by atoms with E-state index in [1.807, 2.05) is 0 Å². The number of hydrogen-bond acceptors (Lipinski definition) is 2. The Kier molecular flexibility index (Phi) is 4.27.